The average molecular weight is 292 g/mol. The summed E-state index contributed by atoms with van der Waals surface area (Å²) in [5.74, 6) is -0.311. The zero-order chi connectivity index (χ0) is 14.7. The summed E-state index contributed by atoms with van der Waals surface area (Å²) in [4.78, 5) is 13.8. The maximum absolute atomic E-state index is 13.8. The van der Waals surface area contributed by atoms with Gasteiger partial charge in [0.15, 0.2) is 0 Å². The SMILES string of the molecule is O=C1COC2(CCCNCC2)CN1Cc1ccccc1F. The van der Waals surface area contributed by atoms with Crippen molar-refractivity contribution in [3.63, 3.8) is 0 Å². The molecular formula is C16H21FN2O2. The highest BCUT2D eigenvalue weighted by molar-refractivity contribution is 5.78. The Balaban J connectivity index is 1.74. The van der Waals surface area contributed by atoms with Gasteiger partial charge in [-0.25, -0.2) is 4.39 Å². The van der Waals surface area contributed by atoms with Crippen molar-refractivity contribution in [2.24, 2.45) is 0 Å². The second kappa shape index (κ2) is 6.12. The Kier molecular flexibility index (Phi) is 4.22. The Labute approximate surface area is 124 Å². The van der Waals surface area contributed by atoms with Crippen LogP contribution in [0.25, 0.3) is 0 Å². The lowest BCUT2D eigenvalue weighted by atomic mass is 9.92. The van der Waals surface area contributed by atoms with Crippen LogP contribution < -0.4 is 5.32 Å². The minimum Gasteiger partial charge on any atom is -0.363 e. The molecule has 1 atom stereocenters. The van der Waals surface area contributed by atoms with Gasteiger partial charge in [-0.3, -0.25) is 4.79 Å². The van der Waals surface area contributed by atoms with E-state index in [0.717, 1.165) is 32.4 Å². The van der Waals surface area contributed by atoms with Crippen LogP contribution in [0.4, 0.5) is 4.39 Å². The van der Waals surface area contributed by atoms with Gasteiger partial charge in [-0.05, 0) is 38.4 Å². The number of morpholine rings is 1. The van der Waals surface area contributed by atoms with Crippen LogP contribution in [-0.2, 0) is 16.1 Å². The predicted octanol–water partition coefficient (Wildman–Crippen LogP) is 1.70. The molecule has 2 saturated heterocycles. The third kappa shape index (κ3) is 3.24. The van der Waals surface area contributed by atoms with Crippen LogP contribution in [0.2, 0.25) is 0 Å². The molecule has 5 heteroatoms. The summed E-state index contributed by atoms with van der Waals surface area (Å²) in [7, 11) is 0. The molecule has 1 amide bonds. The lowest BCUT2D eigenvalue weighted by Gasteiger charge is -2.42. The number of carbonyl (C=O) groups is 1. The van der Waals surface area contributed by atoms with E-state index in [4.69, 9.17) is 4.74 Å². The van der Waals surface area contributed by atoms with Gasteiger partial charge in [0.2, 0.25) is 5.91 Å². The summed E-state index contributed by atoms with van der Waals surface area (Å²) in [6, 6.07) is 6.64. The van der Waals surface area contributed by atoms with Crippen molar-refractivity contribution in [2.75, 3.05) is 26.2 Å². The van der Waals surface area contributed by atoms with E-state index in [1.54, 1.807) is 23.1 Å². The number of hydrogen-bond donors (Lipinski definition) is 1. The molecule has 0 aromatic heterocycles. The number of ether oxygens (including phenoxy) is 1. The van der Waals surface area contributed by atoms with Gasteiger partial charge in [0.25, 0.3) is 0 Å². The quantitative estimate of drug-likeness (QED) is 0.902. The first-order valence-corrected chi connectivity index (χ1v) is 7.54. The number of carbonyl (C=O) groups excluding carboxylic acids is 1. The molecule has 0 radical (unpaired) electrons. The van der Waals surface area contributed by atoms with Gasteiger partial charge < -0.3 is 15.0 Å². The zero-order valence-electron chi connectivity index (χ0n) is 12.1. The Morgan fingerprint density at radius 3 is 3.00 bits per heavy atom. The lowest BCUT2D eigenvalue weighted by molar-refractivity contribution is -0.166. The van der Waals surface area contributed by atoms with Gasteiger partial charge in [0, 0.05) is 12.1 Å². The zero-order valence-corrected chi connectivity index (χ0v) is 12.1. The van der Waals surface area contributed by atoms with Gasteiger partial charge in [-0.15, -0.1) is 0 Å². The van der Waals surface area contributed by atoms with Crippen LogP contribution in [0.3, 0.4) is 0 Å². The van der Waals surface area contributed by atoms with Gasteiger partial charge >= 0.3 is 0 Å². The molecule has 2 fully saturated rings. The molecule has 4 nitrogen and oxygen atoms in total. The lowest BCUT2D eigenvalue weighted by Crippen LogP contribution is -2.54. The molecule has 21 heavy (non-hydrogen) atoms. The summed E-state index contributed by atoms with van der Waals surface area (Å²) < 4.78 is 19.7. The number of halogens is 1. The number of rotatable bonds is 2. The molecule has 114 valence electrons. The second-order valence-corrected chi connectivity index (χ2v) is 5.92. The van der Waals surface area contributed by atoms with Crippen molar-refractivity contribution >= 4 is 5.91 Å². The number of nitrogens with zero attached hydrogens (tertiary/aromatic N) is 1. The van der Waals surface area contributed by atoms with E-state index in [9.17, 15) is 9.18 Å². The first-order valence-electron chi connectivity index (χ1n) is 7.54. The van der Waals surface area contributed by atoms with Crippen molar-refractivity contribution in [3.05, 3.63) is 35.6 Å². The van der Waals surface area contributed by atoms with Crippen molar-refractivity contribution in [1.29, 1.82) is 0 Å². The van der Waals surface area contributed by atoms with Crippen molar-refractivity contribution < 1.29 is 13.9 Å². The largest absolute Gasteiger partial charge is 0.363 e. The third-order valence-corrected chi connectivity index (χ3v) is 4.40. The molecule has 1 aromatic rings. The monoisotopic (exact) mass is 292 g/mol. The minimum absolute atomic E-state index is 0.0546. The van der Waals surface area contributed by atoms with Crippen molar-refractivity contribution in [2.45, 2.75) is 31.4 Å². The number of amides is 1. The second-order valence-electron chi connectivity index (χ2n) is 5.92. The molecule has 2 aliphatic heterocycles. The normalized spacial score (nSPS) is 26.9. The first kappa shape index (κ1) is 14.5. The van der Waals surface area contributed by atoms with Crippen LogP contribution >= 0.6 is 0 Å². The average Bonchev–Trinajstić information content (AvgIpc) is 2.71. The summed E-state index contributed by atoms with van der Waals surface area (Å²) >= 11 is 0. The van der Waals surface area contributed by atoms with E-state index >= 15 is 0 Å². The van der Waals surface area contributed by atoms with Crippen LogP contribution in [0.15, 0.2) is 24.3 Å². The molecule has 1 unspecified atom stereocenters. The van der Waals surface area contributed by atoms with E-state index < -0.39 is 0 Å². The summed E-state index contributed by atoms with van der Waals surface area (Å²) in [5.41, 5.74) is 0.303. The molecule has 1 spiro atoms. The summed E-state index contributed by atoms with van der Waals surface area (Å²) in [5, 5.41) is 3.36. The Hall–Kier alpha value is -1.46. The molecule has 2 heterocycles. The molecule has 2 aliphatic rings. The van der Waals surface area contributed by atoms with E-state index in [1.807, 2.05) is 0 Å². The molecule has 0 bridgehead atoms. The molecule has 0 aliphatic carbocycles. The van der Waals surface area contributed by atoms with Gasteiger partial charge in [0.05, 0.1) is 12.1 Å². The number of nitrogens with one attached hydrogen (secondary N) is 1. The predicted molar refractivity (Wildman–Crippen MR) is 77.2 cm³/mol. The fourth-order valence-corrected chi connectivity index (χ4v) is 3.17. The number of benzene rings is 1. The van der Waals surface area contributed by atoms with Crippen molar-refractivity contribution in [1.82, 2.24) is 10.2 Å². The van der Waals surface area contributed by atoms with Crippen molar-refractivity contribution in [3.8, 4) is 0 Å². The van der Waals surface area contributed by atoms with Gasteiger partial charge in [0.1, 0.15) is 12.4 Å². The van der Waals surface area contributed by atoms with Gasteiger partial charge in [-0.2, -0.15) is 0 Å². The van der Waals surface area contributed by atoms with Gasteiger partial charge in [-0.1, -0.05) is 18.2 Å². The maximum atomic E-state index is 13.8. The van der Waals surface area contributed by atoms with Crippen LogP contribution in [0.5, 0.6) is 0 Å². The topological polar surface area (TPSA) is 41.6 Å². The molecule has 1 N–H and O–H groups in total. The molecule has 0 saturated carbocycles. The smallest absolute Gasteiger partial charge is 0.249 e. The Morgan fingerprint density at radius 1 is 1.29 bits per heavy atom. The highest BCUT2D eigenvalue weighted by atomic mass is 19.1. The maximum Gasteiger partial charge on any atom is 0.249 e. The van der Waals surface area contributed by atoms with E-state index in [2.05, 4.69) is 5.32 Å². The van der Waals surface area contributed by atoms with E-state index in [0.29, 0.717) is 18.7 Å². The molecule has 1 aromatic carbocycles. The number of hydrogen-bond acceptors (Lipinski definition) is 3. The molecular weight excluding hydrogens is 271 g/mol. The molecule has 3 rings (SSSR count). The summed E-state index contributed by atoms with van der Waals surface area (Å²) in [6.07, 6.45) is 2.89. The summed E-state index contributed by atoms with van der Waals surface area (Å²) in [6.45, 7) is 2.88. The first-order chi connectivity index (χ1) is 10.2. The van der Waals surface area contributed by atoms with E-state index in [1.165, 1.54) is 6.07 Å². The third-order valence-electron chi connectivity index (χ3n) is 4.40. The fourth-order valence-electron chi connectivity index (χ4n) is 3.17. The van der Waals surface area contributed by atoms with E-state index in [-0.39, 0.29) is 23.9 Å². The van der Waals surface area contributed by atoms with Crippen LogP contribution in [0.1, 0.15) is 24.8 Å². The minimum atomic E-state index is -0.261. The van der Waals surface area contributed by atoms with Crippen LogP contribution in [-0.4, -0.2) is 42.6 Å². The Bertz CT molecular complexity index is 513. The highest BCUT2D eigenvalue weighted by Crippen LogP contribution is 2.29. The van der Waals surface area contributed by atoms with Crippen LogP contribution in [0, 0.1) is 5.82 Å². The Morgan fingerprint density at radius 2 is 2.14 bits per heavy atom. The standard InChI is InChI=1S/C16H21FN2O2/c17-14-5-2-1-4-13(14)10-19-12-16(21-11-15(19)20)6-3-8-18-9-7-16/h1-2,4-5,18H,3,6-12H2. The highest BCUT2D eigenvalue weighted by Gasteiger charge is 2.39. The fraction of sp³-hybridized carbons (Fsp3) is 0.562.